The molecule has 0 atom stereocenters. The molecule has 6 fully saturated rings. The van der Waals surface area contributed by atoms with Crippen molar-refractivity contribution < 1.29 is 37.4 Å². The van der Waals surface area contributed by atoms with Gasteiger partial charge in [0.2, 0.25) is 0 Å². The molecule has 2 aliphatic heterocycles. The largest absolute Gasteiger partial charge is 0.393 e. The molecule has 10 heteroatoms. The molecular weight excluding hydrogens is 610 g/mol. The summed E-state index contributed by atoms with van der Waals surface area (Å²) in [5.74, 6) is 2.87. The Morgan fingerprint density at radius 1 is 0.467 bits per heavy atom. The fraction of sp³-hybridized carbons (Fsp3) is 1.00. The molecule has 0 aromatic heterocycles. The van der Waals surface area contributed by atoms with Crippen LogP contribution >= 0.6 is 17.2 Å². The molecule has 1 spiro atoms. The van der Waals surface area contributed by atoms with E-state index in [2.05, 4.69) is 27.7 Å². The zero-order valence-electron chi connectivity index (χ0n) is 28.5. The molecule has 6 rings (SSSR count). The first-order chi connectivity index (χ1) is 21.5. The molecule has 4 saturated carbocycles. The first-order valence-corrected chi connectivity index (χ1v) is 20.5. The maximum Gasteiger partial charge on any atom is 0.332 e. The number of aliphatic hydroxyl groups is 2. The summed E-state index contributed by atoms with van der Waals surface area (Å²) in [5.41, 5.74) is 0.359. The van der Waals surface area contributed by atoms with Crippen molar-refractivity contribution in [3.05, 3.63) is 0 Å². The Morgan fingerprint density at radius 3 is 1.02 bits per heavy atom. The van der Waals surface area contributed by atoms with Gasteiger partial charge in [0.05, 0.1) is 56.3 Å². The molecule has 2 N–H and O–H groups in total. The minimum Gasteiger partial charge on any atom is -0.393 e. The summed E-state index contributed by atoms with van der Waals surface area (Å²) in [4.78, 5) is 0. The zero-order valence-corrected chi connectivity index (χ0v) is 30.3. The van der Waals surface area contributed by atoms with Gasteiger partial charge in [0.25, 0.3) is 0 Å². The van der Waals surface area contributed by atoms with E-state index < -0.39 is 17.2 Å². The summed E-state index contributed by atoms with van der Waals surface area (Å²) in [5, 5.41) is 19.9. The molecule has 8 nitrogen and oxygen atoms in total. The van der Waals surface area contributed by atoms with Gasteiger partial charge in [-0.25, -0.2) is 0 Å². The van der Waals surface area contributed by atoms with Crippen molar-refractivity contribution in [1.82, 2.24) is 0 Å². The Kier molecular flexibility index (Phi) is 11.9. The van der Waals surface area contributed by atoms with E-state index in [1.807, 2.05) is 0 Å². The maximum atomic E-state index is 9.95. The molecule has 6 aliphatic rings. The smallest absolute Gasteiger partial charge is 0.332 e. The first kappa shape index (κ1) is 35.4. The van der Waals surface area contributed by atoms with Crippen molar-refractivity contribution in [2.75, 3.05) is 26.4 Å². The van der Waals surface area contributed by atoms with Crippen LogP contribution in [0.3, 0.4) is 0 Å². The van der Waals surface area contributed by atoms with E-state index in [9.17, 15) is 10.2 Å². The Balaban J connectivity index is 0.862. The highest BCUT2D eigenvalue weighted by Gasteiger charge is 2.47. The lowest BCUT2D eigenvalue weighted by Crippen LogP contribution is -2.45. The average Bonchev–Trinajstić information content (AvgIpc) is 3.04. The van der Waals surface area contributed by atoms with Crippen molar-refractivity contribution in [1.29, 1.82) is 0 Å². The Labute approximate surface area is 275 Å². The molecule has 260 valence electrons. The van der Waals surface area contributed by atoms with E-state index in [0.717, 1.165) is 101 Å². The van der Waals surface area contributed by atoms with Crippen LogP contribution in [-0.2, 0) is 27.1 Å². The van der Waals surface area contributed by atoms with Crippen LogP contribution in [0.5, 0.6) is 0 Å². The van der Waals surface area contributed by atoms with E-state index in [1.165, 1.54) is 25.7 Å². The van der Waals surface area contributed by atoms with Gasteiger partial charge in [-0.05, 0) is 137 Å². The molecule has 0 bridgehead atoms. The molecular formula is C35H62O8P2. The lowest BCUT2D eigenvalue weighted by Gasteiger charge is -2.47. The molecule has 2 saturated heterocycles. The average molecular weight is 673 g/mol. The van der Waals surface area contributed by atoms with Gasteiger partial charge in [-0.3, -0.25) is 0 Å². The lowest BCUT2D eigenvalue weighted by atomic mass is 9.60. The Hall–Kier alpha value is 0.540. The minimum absolute atomic E-state index is 0.0855. The lowest BCUT2D eigenvalue weighted by molar-refractivity contribution is -0.0861. The van der Waals surface area contributed by atoms with E-state index in [4.69, 9.17) is 27.1 Å². The van der Waals surface area contributed by atoms with Crippen molar-refractivity contribution in [3.8, 4) is 0 Å². The molecule has 0 aromatic carbocycles. The molecule has 4 aliphatic carbocycles. The molecule has 0 aromatic rings. The van der Waals surface area contributed by atoms with Crippen LogP contribution in [-0.4, -0.2) is 61.1 Å². The second kappa shape index (κ2) is 15.2. The van der Waals surface area contributed by atoms with Crippen molar-refractivity contribution >= 4 is 17.2 Å². The molecule has 45 heavy (non-hydrogen) atoms. The summed E-state index contributed by atoms with van der Waals surface area (Å²) in [7, 11) is -2.66. The molecule has 0 unspecified atom stereocenters. The van der Waals surface area contributed by atoms with Crippen LogP contribution in [0, 0.1) is 39.9 Å². The van der Waals surface area contributed by atoms with Gasteiger partial charge in [0, 0.05) is 0 Å². The predicted octanol–water partition coefficient (Wildman–Crippen LogP) is 8.83. The summed E-state index contributed by atoms with van der Waals surface area (Å²) in [6.07, 6.45) is 17.8. The van der Waals surface area contributed by atoms with Crippen LogP contribution in [0.1, 0.15) is 130 Å². The third kappa shape index (κ3) is 8.65. The number of hydrogen-bond acceptors (Lipinski definition) is 8. The first-order valence-electron chi connectivity index (χ1n) is 18.3. The van der Waals surface area contributed by atoms with Gasteiger partial charge in [-0.1, -0.05) is 27.7 Å². The SMILES string of the molecule is CC(C)(C1CCC(O)CC1)C1CCC(OP2OCC3(CO2)COP(OC2CCC(C(C)(C)C4CCC(O)CC4)CC2)OC3)CC1. The third-order valence-corrected chi connectivity index (χ3v) is 15.6. The molecule has 0 radical (unpaired) electrons. The second-order valence-electron chi connectivity index (χ2n) is 16.9. The zero-order chi connectivity index (χ0) is 31.7. The third-order valence-electron chi connectivity index (χ3n) is 13.3. The van der Waals surface area contributed by atoms with Gasteiger partial charge >= 0.3 is 17.2 Å². The van der Waals surface area contributed by atoms with Gasteiger partial charge in [0.15, 0.2) is 0 Å². The highest BCUT2D eigenvalue weighted by molar-refractivity contribution is 7.42. The highest BCUT2D eigenvalue weighted by Crippen LogP contribution is 2.57. The normalized spacial score (nSPS) is 44.1. The van der Waals surface area contributed by atoms with Crippen LogP contribution in [0.2, 0.25) is 0 Å². The predicted molar refractivity (Wildman–Crippen MR) is 177 cm³/mol. The highest BCUT2D eigenvalue weighted by atomic mass is 31.2. The van der Waals surface area contributed by atoms with E-state index in [-0.39, 0.29) is 29.8 Å². The number of hydrogen-bond donors (Lipinski definition) is 2. The van der Waals surface area contributed by atoms with Crippen molar-refractivity contribution in [2.24, 2.45) is 39.9 Å². The van der Waals surface area contributed by atoms with Crippen LogP contribution in [0.15, 0.2) is 0 Å². The number of rotatable bonds is 8. The Bertz CT molecular complexity index is 825. The summed E-state index contributed by atoms with van der Waals surface area (Å²) >= 11 is 0. The molecule has 2 heterocycles. The van der Waals surface area contributed by atoms with Gasteiger partial charge in [0.1, 0.15) is 0 Å². The summed E-state index contributed by atoms with van der Waals surface area (Å²) in [6.45, 7) is 12.0. The quantitative estimate of drug-likeness (QED) is 0.247. The second-order valence-corrected chi connectivity index (χ2v) is 19.2. The molecule has 0 amide bonds. The Morgan fingerprint density at radius 2 is 0.733 bits per heavy atom. The fourth-order valence-electron chi connectivity index (χ4n) is 9.58. The monoisotopic (exact) mass is 672 g/mol. The maximum absolute atomic E-state index is 9.95. The fourth-order valence-corrected chi connectivity index (χ4v) is 12.4. The summed E-state index contributed by atoms with van der Waals surface area (Å²) in [6, 6.07) is 0. The topological polar surface area (TPSA) is 95.8 Å². The van der Waals surface area contributed by atoms with Crippen LogP contribution in [0.4, 0.5) is 0 Å². The van der Waals surface area contributed by atoms with Crippen LogP contribution in [0.25, 0.3) is 0 Å². The standard InChI is InChI=1S/C35H62O8P2/c1-33(2,25-5-13-29(36)14-6-25)27-9-17-31(18-10-27)42-44-38-21-35(22-39-44)23-40-45(41-24-35)43-32-19-11-28(12-20-32)34(3,4)26-7-15-30(37)16-8-26/h25-32,36-37H,5-24H2,1-4H3. The van der Waals surface area contributed by atoms with E-state index >= 15 is 0 Å². The minimum atomic E-state index is -1.33. The van der Waals surface area contributed by atoms with Crippen LogP contribution < -0.4 is 0 Å². The van der Waals surface area contributed by atoms with Gasteiger partial charge < -0.3 is 37.4 Å². The van der Waals surface area contributed by atoms with Crippen molar-refractivity contribution in [3.63, 3.8) is 0 Å². The van der Waals surface area contributed by atoms with Crippen molar-refractivity contribution in [2.45, 2.75) is 155 Å². The summed E-state index contributed by atoms with van der Waals surface area (Å²) < 4.78 is 37.3. The van der Waals surface area contributed by atoms with Gasteiger partial charge in [-0.15, -0.1) is 0 Å². The van der Waals surface area contributed by atoms with Gasteiger partial charge in [-0.2, -0.15) is 0 Å². The van der Waals surface area contributed by atoms with E-state index in [0.29, 0.717) is 37.3 Å². The number of aliphatic hydroxyl groups excluding tert-OH is 2. The van der Waals surface area contributed by atoms with E-state index in [1.54, 1.807) is 0 Å².